The van der Waals surface area contributed by atoms with Crippen LogP contribution in [0.15, 0.2) is 54.6 Å². The lowest BCUT2D eigenvalue weighted by Gasteiger charge is -2.41. The molecule has 160 valence electrons. The van der Waals surface area contributed by atoms with Gasteiger partial charge in [0, 0.05) is 19.6 Å². The Morgan fingerprint density at radius 1 is 1.03 bits per heavy atom. The Hall–Kier alpha value is -2.89. The molecule has 2 aromatic carbocycles. The van der Waals surface area contributed by atoms with E-state index in [4.69, 9.17) is 4.74 Å². The lowest BCUT2D eigenvalue weighted by molar-refractivity contribution is -0.128. The Balaban J connectivity index is 1.74. The average Bonchev–Trinajstić information content (AvgIpc) is 2.72. The van der Waals surface area contributed by atoms with Gasteiger partial charge in [-0.3, -0.25) is 4.79 Å². The fourth-order valence-electron chi connectivity index (χ4n) is 3.76. The number of halogens is 1. The molecule has 1 N–H and O–H groups in total. The minimum atomic E-state index is -0.722. The van der Waals surface area contributed by atoms with Crippen LogP contribution in [0, 0.1) is 5.82 Å². The smallest absolute Gasteiger partial charge is 0.410 e. The van der Waals surface area contributed by atoms with E-state index in [0.29, 0.717) is 32.5 Å². The lowest BCUT2D eigenvalue weighted by atomic mass is 9.72. The molecule has 0 bridgehead atoms. The van der Waals surface area contributed by atoms with Gasteiger partial charge in [-0.25, -0.2) is 9.18 Å². The summed E-state index contributed by atoms with van der Waals surface area (Å²) >= 11 is 0. The van der Waals surface area contributed by atoms with Gasteiger partial charge < -0.3 is 15.0 Å². The maximum Gasteiger partial charge on any atom is 0.410 e. The molecule has 2 amide bonds. The molecule has 2 aromatic rings. The van der Waals surface area contributed by atoms with Gasteiger partial charge in [-0.15, -0.1) is 0 Å². The van der Waals surface area contributed by atoms with E-state index in [1.807, 2.05) is 51.1 Å². The first-order valence-electron chi connectivity index (χ1n) is 10.3. The highest BCUT2D eigenvalue weighted by molar-refractivity contribution is 5.88. The Labute approximate surface area is 177 Å². The zero-order valence-electron chi connectivity index (χ0n) is 17.8. The number of likely N-dealkylation sites (tertiary alicyclic amines) is 1. The number of amides is 2. The minimum absolute atomic E-state index is 0.0816. The summed E-state index contributed by atoms with van der Waals surface area (Å²) in [5, 5.41) is 3.01. The van der Waals surface area contributed by atoms with Crippen LogP contribution < -0.4 is 5.32 Å². The molecule has 5 nitrogen and oxygen atoms in total. The number of nitrogens with zero attached hydrogens (tertiary/aromatic N) is 1. The second kappa shape index (κ2) is 8.86. The second-order valence-electron chi connectivity index (χ2n) is 8.72. The highest BCUT2D eigenvalue weighted by Gasteiger charge is 2.44. The SMILES string of the molecule is CC(C)(C)OC(=O)N1CCC(C(=O)NCc2ccc(F)cc2)(c2ccccc2)CC1. The van der Waals surface area contributed by atoms with E-state index in [1.54, 1.807) is 17.0 Å². The molecule has 30 heavy (non-hydrogen) atoms. The zero-order chi connectivity index (χ0) is 21.8. The summed E-state index contributed by atoms with van der Waals surface area (Å²) in [6.45, 7) is 6.72. The molecule has 0 aliphatic carbocycles. The molecule has 1 heterocycles. The summed E-state index contributed by atoms with van der Waals surface area (Å²) in [6.07, 6.45) is 0.660. The first kappa shape index (κ1) is 21.8. The highest BCUT2D eigenvalue weighted by atomic mass is 19.1. The van der Waals surface area contributed by atoms with Crippen molar-refractivity contribution in [2.24, 2.45) is 0 Å². The van der Waals surface area contributed by atoms with Crippen molar-refractivity contribution in [1.29, 1.82) is 0 Å². The van der Waals surface area contributed by atoms with E-state index < -0.39 is 11.0 Å². The largest absolute Gasteiger partial charge is 0.444 e. The summed E-state index contributed by atoms with van der Waals surface area (Å²) < 4.78 is 18.6. The van der Waals surface area contributed by atoms with E-state index in [0.717, 1.165) is 11.1 Å². The summed E-state index contributed by atoms with van der Waals surface area (Å²) in [6, 6.07) is 15.8. The molecule has 0 spiro atoms. The molecule has 0 atom stereocenters. The van der Waals surface area contributed by atoms with E-state index in [1.165, 1.54) is 12.1 Å². The molecule has 0 radical (unpaired) electrons. The van der Waals surface area contributed by atoms with Crippen molar-refractivity contribution < 1.29 is 18.7 Å². The zero-order valence-corrected chi connectivity index (χ0v) is 17.8. The molecule has 1 aliphatic rings. The molecule has 3 rings (SSSR count). The van der Waals surface area contributed by atoms with Crippen molar-refractivity contribution in [3.63, 3.8) is 0 Å². The van der Waals surface area contributed by atoms with Crippen molar-refractivity contribution in [3.8, 4) is 0 Å². The minimum Gasteiger partial charge on any atom is -0.444 e. The van der Waals surface area contributed by atoms with Gasteiger partial charge in [0.05, 0.1) is 5.41 Å². The monoisotopic (exact) mass is 412 g/mol. The third kappa shape index (κ3) is 5.17. The number of rotatable bonds is 4. The quantitative estimate of drug-likeness (QED) is 0.809. The van der Waals surface area contributed by atoms with Crippen molar-refractivity contribution in [2.45, 2.75) is 51.2 Å². The normalized spacial score (nSPS) is 16.1. The number of hydrogen-bond acceptors (Lipinski definition) is 3. The fraction of sp³-hybridized carbons (Fsp3) is 0.417. The predicted octanol–water partition coefficient (Wildman–Crippen LogP) is 4.41. The Morgan fingerprint density at radius 3 is 2.20 bits per heavy atom. The Bertz CT molecular complexity index is 868. The Kier molecular flexibility index (Phi) is 6.44. The summed E-state index contributed by atoms with van der Waals surface area (Å²) in [5.74, 6) is -0.387. The van der Waals surface area contributed by atoms with E-state index in [-0.39, 0.29) is 17.8 Å². The van der Waals surface area contributed by atoms with Gasteiger partial charge in [-0.05, 0) is 56.9 Å². The number of nitrogens with one attached hydrogen (secondary N) is 1. The number of benzene rings is 2. The van der Waals surface area contributed by atoms with Crippen molar-refractivity contribution >= 4 is 12.0 Å². The van der Waals surface area contributed by atoms with Gasteiger partial charge in [0.15, 0.2) is 0 Å². The van der Waals surface area contributed by atoms with Gasteiger partial charge in [0.25, 0.3) is 0 Å². The summed E-state index contributed by atoms with van der Waals surface area (Å²) in [7, 11) is 0. The second-order valence-corrected chi connectivity index (χ2v) is 8.72. The Morgan fingerprint density at radius 2 is 1.63 bits per heavy atom. The summed E-state index contributed by atoms with van der Waals surface area (Å²) in [4.78, 5) is 27.5. The van der Waals surface area contributed by atoms with Crippen molar-refractivity contribution in [2.75, 3.05) is 13.1 Å². The van der Waals surface area contributed by atoms with Crippen LogP contribution in [-0.2, 0) is 21.5 Å². The number of ether oxygens (including phenoxy) is 1. The van der Waals surface area contributed by atoms with Crippen LogP contribution in [0.25, 0.3) is 0 Å². The number of carbonyl (C=O) groups is 2. The van der Waals surface area contributed by atoms with Gasteiger partial charge in [0.2, 0.25) is 5.91 Å². The van der Waals surface area contributed by atoms with Crippen LogP contribution in [0.5, 0.6) is 0 Å². The van der Waals surface area contributed by atoms with Crippen molar-refractivity contribution in [1.82, 2.24) is 10.2 Å². The number of hydrogen-bond donors (Lipinski definition) is 1. The molecule has 0 saturated carbocycles. The molecule has 1 saturated heterocycles. The van der Waals surface area contributed by atoms with Crippen LogP contribution in [0.2, 0.25) is 0 Å². The fourth-order valence-corrected chi connectivity index (χ4v) is 3.76. The predicted molar refractivity (Wildman–Crippen MR) is 113 cm³/mol. The maximum absolute atomic E-state index is 13.3. The standard InChI is InChI=1S/C24H29FN2O3/c1-23(2,3)30-22(29)27-15-13-24(14-16-27,19-7-5-4-6-8-19)21(28)26-17-18-9-11-20(25)12-10-18/h4-12H,13-17H2,1-3H3,(H,26,28). The van der Waals surface area contributed by atoms with Crippen LogP contribution in [-0.4, -0.2) is 35.6 Å². The third-order valence-corrected chi connectivity index (χ3v) is 5.40. The van der Waals surface area contributed by atoms with E-state index in [2.05, 4.69) is 5.32 Å². The van der Waals surface area contributed by atoms with Crippen LogP contribution >= 0.6 is 0 Å². The molecule has 0 unspecified atom stereocenters. The average molecular weight is 413 g/mol. The number of carbonyl (C=O) groups excluding carboxylic acids is 2. The highest BCUT2D eigenvalue weighted by Crippen LogP contribution is 2.36. The molecular formula is C24H29FN2O3. The van der Waals surface area contributed by atoms with Crippen LogP contribution in [0.1, 0.15) is 44.7 Å². The van der Waals surface area contributed by atoms with Gasteiger partial charge in [-0.1, -0.05) is 42.5 Å². The molecular weight excluding hydrogens is 383 g/mol. The topological polar surface area (TPSA) is 58.6 Å². The lowest BCUT2D eigenvalue weighted by Crippen LogP contribution is -2.53. The van der Waals surface area contributed by atoms with Gasteiger partial charge >= 0.3 is 6.09 Å². The van der Waals surface area contributed by atoms with Gasteiger partial charge in [0.1, 0.15) is 11.4 Å². The molecule has 1 aliphatic heterocycles. The molecule has 6 heteroatoms. The van der Waals surface area contributed by atoms with Gasteiger partial charge in [-0.2, -0.15) is 0 Å². The van der Waals surface area contributed by atoms with Crippen molar-refractivity contribution in [3.05, 3.63) is 71.5 Å². The van der Waals surface area contributed by atoms with Crippen LogP contribution in [0.3, 0.4) is 0 Å². The summed E-state index contributed by atoms with van der Waals surface area (Å²) in [5.41, 5.74) is 0.488. The molecule has 0 aromatic heterocycles. The first-order chi connectivity index (χ1) is 14.2. The van der Waals surface area contributed by atoms with E-state index in [9.17, 15) is 14.0 Å². The van der Waals surface area contributed by atoms with Crippen LogP contribution in [0.4, 0.5) is 9.18 Å². The van der Waals surface area contributed by atoms with E-state index >= 15 is 0 Å². The number of piperidine rings is 1. The molecule has 1 fully saturated rings. The third-order valence-electron chi connectivity index (χ3n) is 5.40. The first-order valence-corrected chi connectivity index (χ1v) is 10.3. The maximum atomic E-state index is 13.3.